The molecule has 4 fully saturated rings. The highest BCUT2D eigenvalue weighted by molar-refractivity contribution is 7.52. The predicted molar refractivity (Wildman–Crippen MR) is 294 cm³/mol. The van der Waals surface area contributed by atoms with Crippen LogP contribution in [0.5, 0.6) is 0 Å². The first-order chi connectivity index (χ1) is 40.7. The number of nitrogens with one attached hydrogen (secondary N) is 4. The average Bonchev–Trinajstić information content (AvgIpc) is 2.14. The summed E-state index contributed by atoms with van der Waals surface area (Å²) in [6.45, 7) is 5.28. The van der Waals surface area contributed by atoms with Crippen molar-refractivity contribution >= 4 is 23.0 Å². The highest BCUT2D eigenvalue weighted by atomic mass is 31.2. The SMILES string of the molecule is Cc1cn([C@H]2C[C@@H](N=[N+]=[N-])[C@@H](CCP(=O)(O)O)O2)c(=O)[nH]c1=O.Cc1cn([C@H]2C[C@@H](N=[N+]=[N-])[C@@H](CO)O2)c(=O)[nH]c1=O.Cc1cn([C@H]2C[C@@H](N=[N+]=[N-])[C@@H](COP(=O)(O)O)O2)c(=O)[nH]c1=O.Cc1cn([C@H]2C[C@@H](N=[N+]=[N-])[C@@H](CP(=O)(O)O)O2)c(=O)[nH]c1=O. The number of hydrogen-bond donors (Lipinski definition) is 11. The summed E-state index contributed by atoms with van der Waals surface area (Å²) >= 11 is 0. The fraction of sp³-hybridized carbons (Fsp3) is 0.610. The van der Waals surface area contributed by atoms with E-state index in [1.165, 1.54) is 54.7 Å². The normalized spacial score (nSPS) is 24.9. The standard InChI is InChI=1S/C11H16N5O6P.C10H14N5O7P.C10H14N5O6P.C10H13N5O4/c1-6-5-16(11(18)13-10(6)17)9-4-7(14-15-12)8(22-9)2-3-23(19,20)21;1-5-3-15(10(17)12-9(5)16)8-2-6(13-14-11)7(22-8)4-21-23(18,19)20;1-5-3-15(10(17)12-9(5)16)8-2-6(13-14-11)7(21-8)4-22(18,19)20;1-5-3-15(10(18)12-9(5)17)8-2-6(13-14-11)7(4-16)19-8/h5,7-9H,2-4H2,1H3,(H,13,17,18)(H2,19,20,21);3,6-8H,2,4H2,1H3,(H,12,16,17)(H2,18,19,20);3,6-8H,2,4H2,1H3,(H,12,16,17)(H2,18,19,20);3,6-8,16H,2,4H2,1H3,(H,12,17,18)/t7-,8-,9-;3*6-,7-,8-/m1111/s1. The second-order valence-corrected chi connectivity index (χ2v) is 24.2. The molecule has 4 aliphatic rings. The Labute approximate surface area is 483 Å². The van der Waals surface area contributed by atoms with Crippen molar-refractivity contribution in [3.63, 3.8) is 0 Å². The molecule has 474 valence electrons. The molecule has 4 aliphatic heterocycles. The zero-order valence-electron chi connectivity index (χ0n) is 45.8. The van der Waals surface area contributed by atoms with Crippen LogP contribution in [-0.2, 0) is 37.2 Å². The summed E-state index contributed by atoms with van der Waals surface area (Å²) in [5.41, 5.74) is 30.7. The number of aryl methyl sites for hydroxylation is 4. The van der Waals surface area contributed by atoms with E-state index in [-0.39, 0.29) is 49.8 Å². The van der Waals surface area contributed by atoms with E-state index >= 15 is 0 Å². The smallest absolute Gasteiger partial charge is 0.394 e. The van der Waals surface area contributed by atoms with Crippen LogP contribution < -0.4 is 45.0 Å². The van der Waals surface area contributed by atoms with E-state index in [2.05, 4.69) is 64.6 Å². The van der Waals surface area contributed by atoms with Crippen molar-refractivity contribution in [3.8, 4) is 0 Å². The van der Waals surface area contributed by atoms with Crippen molar-refractivity contribution in [3.05, 3.63) is 172 Å². The molecule has 46 heteroatoms. The van der Waals surface area contributed by atoms with Crippen LogP contribution in [0.1, 0.15) is 79.3 Å². The minimum atomic E-state index is -4.71. The van der Waals surface area contributed by atoms with Gasteiger partial charge in [0.1, 0.15) is 24.9 Å². The number of aliphatic hydroxyl groups is 1. The van der Waals surface area contributed by atoms with Gasteiger partial charge >= 0.3 is 45.8 Å². The molecule has 0 saturated carbocycles. The summed E-state index contributed by atoms with van der Waals surface area (Å²) in [6, 6.07) is -2.80. The minimum absolute atomic E-state index is 0.0124. The number of aromatic amines is 4. The van der Waals surface area contributed by atoms with Gasteiger partial charge in [-0.1, -0.05) is 20.5 Å². The van der Waals surface area contributed by atoms with Crippen molar-refractivity contribution in [2.24, 2.45) is 20.5 Å². The Bertz CT molecular complexity index is 3870. The van der Waals surface area contributed by atoms with E-state index in [1.807, 2.05) is 0 Å². The van der Waals surface area contributed by atoms with Crippen LogP contribution in [0.25, 0.3) is 41.8 Å². The number of hydrogen-bond acceptors (Lipinski definition) is 21. The van der Waals surface area contributed by atoms with E-state index in [0.717, 1.165) is 9.13 Å². The molecule has 0 radical (unpaired) electrons. The van der Waals surface area contributed by atoms with E-state index in [0.29, 0.717) is 11.1 Å². The molecular formula is C41H57N20O23P3. The number of azide groups is 4. The number of rotatable bonds is 17. The predicted octanol–water partition coefficient (Wildman–Crippen LogP) is 0.0928. The average molecular weight is 1290 g/mol. The molecule has 11 N–H and O–H groups in total. The van der Waals surface area contributed by atoms with Crippen molar-refractivity contribution in [2.45, 2.75) is 133 Å². The maximum Gasteiger partial charge on any atom is 0.469 e. The molecule has 4 aromatic heterocycles. The number of phosphoric ester groups is 1. The van der Waals surface area contributed by atoms with Crippen LogP contribution in [0.3, 0.4) is 0 Å². The first-order valence-corrected chi connectivity index (χ1v) is 30.3. The van der Waals surface area contributed by atoms with Gasteiger partial charge in [-0.3, -0.25) is 71.0 Å². The number of aliphatic hydroxyl groups excluding tert-OH is 1. The monoisotopic (exact) mass is 1290 g/mol. The largest absolute Gasteiger partial charge is 0.469 e. The Morgan fingerprint density at radius 2 is 0.782 bits per heavy atom. The zero-order chi connectivity index (χ0) is 64.9. The molecule has 0 aliphatic carbocycles. The summed E-state index contributed by atoms with van der Waals surface area (Å²) in [6.07, 6.45) is -1.67. The highest BCUT2D eigenvalue weighted by Gasteiger charge is 2.41. The quantitative estimate of drug-likeness (QED) is 0.0289. The number of phosphoric acid groups is 1. The summed E-state index contributed by atoms with van der Waals surface area (Å²) in [4.78, 5) is 165. The Hall–Kier alpha value is -7.83. The molecule has 0 bridgehead atoms. The van der Waals surface area contributed by atoms with E-state index in [1.54, 1.807) is 6.92 Å². The van der Waals surface area contributed by atoms with Crippen molar-refractivity contribution in [1.82, 2.24) is 38.2 Å². The topological polar surface area (TPSA) is 653 Å². The van der Waals surface area contributed by atoms with Gasteiger partial charge in [-0.15, -0.1) is 0 Å². The lowest BCUT2D eigenvalue weighted by Gasteiger charge is -2.17. The Balaban J connectivity index is 0.000000212. The van der Waals surface area contributed by atoms with Crippen LogP contribution in [-0.4, -0.2) is 147 Å². The first kappa shape index (κ1) is 69.9. The summed E-state index contributed by atoms with van der Waals surface area (Å²) in [7, 11) is -13.3. The van der Waals surface area contributed by atoms with Crippen LogP contribution in [0.4, 0.5) is 0 Å². The lowest BCUT2D eigenvalue weighted by molar-refractivity contribution is -0.0271. The van der Waals surface area contributed by atoms with Gasteiger partial charge in [-0.2, -0.15) is 0 Å². The lowest BCUT2D eigenvalue weighted by atomic mass is 10.1. The van der Waals surface area contributed by atoms with Crippen LogP contribution in [0.2, 0.25) is 0 Å². The van der Waals surface area contributed by atoms with Gasteiger partial charge in [0.15, 0.2) is 0 Å². The molecule has 8 rings (SSSR count). The van der Waals surface area contributed by atoms with Crippen molar-refractivity contribution in [2.75, 3.05) is 25.5 Å². The molecule has 12 atom stereocenters. The number of ether oxygens (including phenoxy) is 4. The van der Waals surface area contributed by atoms with Gasteiger partial charge in [0, 0.05) is 92.4 Å². The molecule has 43 nitrogen and oxygen atoms in total. The van der Waals surface area contributed by atoms with E-state index < -0.39 is 160 Å². The lowest BCUT2D eigenvalue weighted by Crippen LogP contribution is -2.33. The van der Waals surface area contributed by atoms with Crippen molar-refractivity contribution in [1.29, 1.82) is 0 Å². The zero-order valence-corrected chi connectivity index (χ0v) is 48.4. The van der Waals surface area contributed by atoms with E-state index in [9.17, 15) is 52.1 Å². The molecule has 0 unspecified atom stereocenters. The highest BCUT2D eigenvalue weighted by Crippen LogP contribution is 2.43. The number of H-pyrrole nitrogens is 4. The maximum absolute atomic E-state index is 11.9. The van der Waals surface area contributed by atoms with Crippen LogP contribution in [0, 0.1) is 27.7 Å². The molecule has 4 aromatic rings. The molecule has 4 saturated heterocycles. The summed E-state index contributed by atoms with van der Waals surface area (Å²) in [5.74, 6) is 0. The Morgan fingerprint density at radius 1 is 0.494 bits per heavy atom. The fourth-order valence-electron chi connectivity index (χ4n) is 8.93. The van der Waals surface area contributed by atoms with Crippen LogP contribution >= 0.6 is 23.0 Å². The minimum Gasteiger partial charge on any atom is -0.394 e. The van der Waals surface area contributed by atoms with Gasteiger partial charge < -0.3 is 53.4 Å². The Morgan fingerprint density at radius 3 is 1.08 bits per heavy atom. The third-order valence-electron chi connectivity index (χ3n) is 13.2. The van der Waals surface area contributed by atoms with E-state index in [4.69, 9.17) is 75.5 Å². The molecule has 0 spiro atoms. The number of aromatic nitrogens is 8. The van der Waals surface area contributed by atoms with Gasteiger partial charge in [-0.25, -0.2) is 23.7 Å². The molecule has 8 heterocycles. The second kappa shape index (κ2) is 30.2. The molecular weight excluding hydrogens is 1230 g/mol. The van der Waals surface area contributed by atoms with Gasteiger partial charge in [0.2, 0.25) is 0 Å². The van der Waals surface area contributed by atoms with Gasteiger partial charge in [0.05, 0.1) is 74.1 Å². The molecule has 0 amide bonds. The molecule has 0 aromatic carbocycles. The Kier molecular flexibility index (Phi) is 24.3. The first-order valence-electron chi connectivity index (χ1n) is 25.2. The third-order valence-corrected chi connectivity index (χ3v) is 15.3. The maximum atomic E-state index is 11.9. The van der Waals surface area contributed by atoms with Crippen molar-refractivity contribution < 1.29 is 71.6 Å². The number of nitrogens with zero attached hydrogens (tertiary/aromatic N) is 16. The second-order valence-electron chi connectivity index (χ2n) is 19.5. The van der Waals surface area contributed by atoms with Crippen LogP contribution in [0.15, 0.2) is 83.6 Å². The van der Waals surface area contributed by atoms with Gasteiger partial charge in [-0.05, 0) is 56.2 Å². The third kappa shape index (κ3) is 19.8. The summed E-state index contributed by atoms with van der Waals surface area (Å²) in [5, 5.41) is 23.2. The summed E-state index contributed by atoms with van der Waals surface area (Å²) < 4.78 is 63.9. The fourth-order valence-corrected chi connectivity index (χ4v) is 10.7. The van der Waals surface area contributed by atoms with Gasteiger partial charge in [0.25, 0.3) is 22.2 Å². The molecule has 87 heavy (non-hydrogen) atoms.